The highest BCUT2D eigenvalue weighted by atomic mass is 16.5. The zero-order valence-corrected chi connectivity index (χ0v) is 12.2. The lowest BCUT2D eigenvalue weighted by atomic mass is 10.1. The van der Waals surface area contributed by atoms with E-state index in [1.54, 1.807) is 24.3 Å². The van der Waals surface area contributed by atoms with Crippen LogP contribution in [0, 0.1) is 11.3 Å². The molecular formula is C18H13N3O2. The Hall–Kier alpha value is -3.39. The molecule has 0 aliphatic carbocycles. The fourth-order valence-corrected chi connectivity index (χ4v) is 2.37. The topological polar surface area (TPSA) is 78.9 Å². The smallest absolute Gasteiger partial charge is 0.304 e. The molecule has 0 saturated carbocycles. The molecule has 1 heterocycles. The third-order valence-corrected chi connectivity index (χ3v) is 3.49. The van der Waals surface area contributed by atoms with Gasteiger partial charge in [0.05, 0.1) is 23.5 Å². The number of nitriles is 1. The summed E-state index contributed by atoms with van der Waals surface area (Å²) in [5, 5.41) is 19.1. The van der Waals surface area contributed by atoms with Gasteiger partial charge in [0.15, 0.2) is 0 Å². The molecule has 5 nitrogen and oxygen atoms in total. The molecule has 23 heavy (non-hydrogen) atoms. The van der Waals surface area contributed by atoms with Crippen molar-refractivity contribution in [3.8, 4) is 17.3 Å². The average Bonchev–Trinajstić information content (AvgIpc) is 2.59. The van der Waals surface area contributed by atoms with Crippen LogP contribution < -0.4 is 5.56 Å². The minimum atomic E-state index is -0.563. The molecule has 0 saturated heterocycles. The van der Waals surface area contributed by atoms with E-state index >= 15 is 0 Å². The van der Waals surface area contributed by atoms with E-state index < -0.39 is 5.56 Å². The number of hydrogen-bond acceptors (Lipinski definition) is 4. The molecule has 5 heteroatoms. The van der Waals surface area contributed by atoms with E-state index in [1.165, 1.54) is 6.20 Å². The molecule has 0 amide bonds. The fourth-order valence-electron chi connectivity index (χ4n) is 2.37. The van der Waals surface area contributed by atoms with Gasteiger partial charge in [0, 0.05) is 12.0 Å². The van der Waals surface area contributed by atoms with E-state index in [4.69, 9.17) is 0 Å². The van der Waals surface area contributed by atoms with Crippen molar-refractivity contribution in [3.05, 3.63) is 88.0 Å². The van der Waals surface area contributed by atoms with Gasteiger partial charge >= 0.3 is 5.56 Å². The van der Waals surface area contributed by atoms with Crippen LogP contribution in [0.3, 0.4) is 0 Å². The predicted octanol–water partition coefficient (Wildman–Crippen LogP) is 2.61. The van der Waals surface area contributed by atoms with Crippen molar-refractivity contribution in [3.63, 3.8) is 0 Å². The van der Waals surface area contributed by atoms with Gasteiger partial charge in [0.25, 0.3) is 0 Å². The molecule has 112 valence electrons. The Morgan fingerprint density at radius 1 is 1.09 bits per heavy atom. The lowest BCUT2D eigenvalue weighted by molar-refractivity contribution is 0.173. The van der Waals surface area contributed by atoms with Crippen LogP contribution in [-0.4, -0.2) is 14.9 Å². The van der Waals surface area contributed by atoms with Crippen LogP contribution in [0.2, 0.25) is 0 Å². The fraction of sp³-hybridized carbons (Fsp3) is 0.0556. The molecule has 0 radical (unpaired) electrons. The lowest BCUT2D eigenvalue weighted by Crippen LogP contribution is -2.24. The number of aromatic nitrogens is 2. The Bertz CT molecular complexity index is 940. The maximum Gasteiger partial charge on any atom is 0.304 e. The first kappa shape index (κ1) is 14.5. The zero-order chi connectivity index (χ0) is 16.2. The van der Waals surface area contributed by atoms with Crippen LogP contribution in [0.25, 0.3) is 11.3 Å². The summed E-state index contributed by atoms with van der Waals surface area (Å²) in [6.07, 6.45) is 1.54. The first-order chi connectivity index (χ1) is 11.2. The van der Waals surface area contributed by atoms with Gasteiger partial charge in [-0.25, -0.2) is 4.98 Å². The van der Waals surface area contributed by atoms with Crippen molar-refractivity contribution < 1.29 is 5.21 Å². The summed E-state index contributed by atoms with van der Waals surface area (Å²) in [7, 11) is 0. The molecule has 1 aromatic heterocycles. The zero-order valence-electron chi connectivity index (χ0n) is 12.2. The highest BCUT2D eigenvalue weighted by Crippen LogP contribution is 2.20. The van der Waals surface area contributed by atoms with Crippen LogP contribution >= 0.6 is 0 Å². The summed E-state index contributed by atoms with van der Waals surface area (Å²) in [6.45, 7) is 0. The first-order valence-corrected chi connectivity index (χ1v) is 7.04. The molecule has 0 aliphatic rings. The van der Waals surface area contributed by atoms with Gasteiger partial charge in [0.2, 0.25) is 0 Å². The Morgan fingerprint density at radius 2 is 1.78 bits per heavy atom. The SMILES string of the molecule is N#Cc1ccccc1-c1cn(O)c(=O)c(Cc2ccccc2)n1. The van der Waals surface area contributed by atoms with E-state index in [1.807, 2.05) is 30.3 Å². The Morgan fingerprint density at radius 3 is 2.52 bits per heavy atom. The van der Waals surface area contributed by atoms with Crippen LogP contribution in [-0.2, 0) is 6.42 Å². The van der Waals surface area contributed by atoms with Crippen LogP contribution in [0.1, 0.15) is 16.8 Å². The normalized spacial score (nSPS) is 10.2. The molecule has 3 rings (SSSR count). The summed E-state index contributed by atoms with van der Waals surface area (Å²) in [4.78, 5) is 16.5. The average molecular weight is 303 g/mol. The van der Waals surface area contributed by atoms with E-state index in [0.29, 0.717) is 28.0 Å². The Kier molecular flexibility index (Phi) is 3.89. The molecule has 1 N–H and O–H groups in total. The van der Waals surface area contributed by atoms with Gasteiger partial charge < -0.3 is 5.21 Å². The number of rotatable bonds is 3. The minimum Gasteiger partial charge on any atom is -0.425 e. The summed E-state index contributed by atoms with van der Waals surface area (Å²) < 4.78 is 0.523. The second kappa shape index (κ2) is 6.16. The van der Waals surface area contributed by atoms with Gasteiger partial charge in [0.1, 0.15) is 5.69 Å². The van der Waals surface area contributed by atoms with Crippen molar-refractivity contribution in [1.82, 2.24) is 9.71 Å². The maximum atomic E-state index is 12.1. The Balaban J connectivity index is 2.11. The lowest BCUT2D eigenvalue weighted by Gasteiger charge is -2.08. The van der Waals surface area contributed by atoms with Crippen molar-refractivity contribution in [2.24, 2.45) is 0 Å². The third kappa shape index (κ3) is 2.97. The summed E-state index contributed by atoms with van der Waals surface area (Å²) in [5.41, 5.74) is 1.98. The van der Waals surface area contributed by atoms with Crippen molar-refractivity contribution in [2.45, 2.75) is 6.42 Å². The van der Waals surface area contributed by atoms with Gasteiger partial charge in [-0.1, -0.05) is 48.5 Å². The number of nitrogens with zero attached hydrogens (tertiary/aromatic N) is 3. The molecule has 0 fully saturated rings. The molecule has 3 aromatic rings. The van der Waals surface area contributed by atoms with Crippen LogP contribution in [0.4, 0.5) is 0 Å². The predicted molar refractivity (Wildman–Crippen MR) is 85.1 cm³/mol. The van der Waals surface area contributed by atoms with Crippen molar-refractivity contribution in [2.75, 3.05) is 0 Å². The van der Waals surface area contributed by atoms with Gasteiger partial charge in [-0.3, -0.25) is 4.79 Å². The summed E-state index contributed by atoms with van der Waals surface area (Å²) in [5.74, 6) is 0. The highest BCUT2D eigenvalue weighted by molar-refractivity contribution is 5.66. The molecule has 2 aromatic carbocycles. The van der Waals surface area contributed by atoms with Crippen molar-refractivity contribution >= 4 is 0 Å². The molecule has 0 atom stereocenters. The molecule has 0 unspecified atom stereocenters. The quantitative estimate of drug-likeness (QED) is 0.754. The maximum absolute atomic E-state index is 12.1. The second-order valence-electron chi connectivity index (χ2n) is 5.04. The Labute approximate surface area is 132 Å². The highest BCUT2D eigenvalue weighted by Gasteiger charge is 2.12. The van der Waals surface area contributed by atoms with Crippen LogP contribution in [0.5, 0.6) is 0 Å². The van der Waals surface area contributed by atoms with E-state index in [0.717, 1.165) is 5.56 Å². The molecule has 0 spiro atoms. The van der Waals surface area contributed by atoms with Crippen molar-refractivity contribution in [1.29, 1.82) is 5.26 Å². The third-order valence-electron chi connectivity index (χ3n) is 3.49. The minimum absolute atomic E-state index is 0.226. The van der Waals surface area contributed by atoms with Gasteiger partial charge in [-0.2, -0.15) is 9.99 Å². The summed E-state index contributed by atoms with van der Waals surface area (Å²) in [6, 6.07) is 18.4. The van der Waals surface area contributed by atoms with Gasteiger partial charge in [-0.15, -0.1) is 0 Å². The van der Waals surface area contributed by atoms with E-state index in [2.05, 4.69) is 11.1 Å². The van der Waals surface area contributed by atoms with Crippen LogP contribution in [0.15, 0.2) is 65.6 Å². The largest absolute Gasteiger partial charge is 0.425 e. The number of benzene rings is 2. The summed E-state index contributed by atoms with van der Waals surface area (Å²) >= 11 is 0. The molecular weight excluding hydrogens is 290 g/mol. The van der Waals surface area contributed by atoms with Gasteiger partial charge in [-0.05, 0) is 11.6 Å². The number of hydrogen-bond donors (Lipinski definition) is 1. The monoisotopic (exact) mass is 303 g/mol. The molecule has 0 bridgehead atoms. The van der Waals surface area contributed by atoms with E-state index in [9.17, 15) is 15.3 Å². The second-order valence-corrected chi connectivity index (χ2v) is 5.04. The molecule has 0 aliphatic heterocycles. The first-order valence-electron chi connectivity index (χ1n) is 7.04. The van der Waals surface area contributed by atoms with E-state index in [-0.39, 0.29) is 5.69 Å². The standard InChI is InChI=1S/C18H13N3O2/c19-11-14-8-4-5-9-15(14)17-12-21(23)18(22)16(20-17)10-13-6-2-1-3-7-13/h1-9,12,23H,10H2.